The number of aromatic nitrogens is 5. The number of rotatable bonds is 6. The van der Waals surface area contributed by atoms with E-state index in [0.717, 1.165) is 77.4 Å². The van der Waals surface area contributed by atoms with Gasteiger partial charge in [0.25, 0.3) is 0 Å². The molecular weight excluding hydrogens is 1030 g/mol. The van der Waals surface area contributed by atoms with Gasteiger partial charge in [-0.15, -0.1) is 53.6 Å². The first-order valence-electron chi connectivity index (χ1n) is 25.2. The molecule has 0 amide bonds. The van der Waals surface area contributed by atoms with Crippen LogP contribution in [0.5, 0.6) is 0 Å². The molecule has 0 fully saturated rings. The van der Waals surface area contributed by atoms with Gasteiger partial charge in [-0.2, -0.15) is 0 Å². The molecule has 8 aromatic carbocycles. The van der Waals surface area contributed by atoms with E-state index in [-0.39, 0.29) is 42.9 Å². The van der Waals surface area contributed by atoms with Crippen LogP contribution in [0.1, 0.15) is 86.8 Å². The molecule has 0 aliphatic heterocycles. The summed E-state index contributed by atoms with van der Waals surface area (Å²) in [5, 5.41) is 6.31. The van der Waals surface area contributed by atoms with Crippen LogP contribution in [0.2, 0.25) is 0 Å². The van der Waals surface area contributed by atoms with E-state index in [1.807, 2.05) is 66.9 Å². The van der Waals surface area contributed by atoms with Crippen LogP contribution in [-0.2, 0) is 25.5 Å². The van der Waals surface area contributed by atoms with Crippen molar-refractivity contribution in [3.05, 3.63) is 198 Å². The third-order valence-electron chi connectivity index (χ3n) is 13.1. The standard InChI is InChI=1S/C49H38N3O.C14H15N2.Ir/c1-28(2)39-26-35(31-13-7-6-8-14-31)27-40(29(3)4)45(39)52-46-37-18-12-10-16-33(37)22-24-42(46)50-48(52)38-23-19-30(5)43-41-25-34-21-20-32-15-9-11-17-36(32)44(34)51-49(41)53-47(38)43;1-14(2,3)12-9-10-15-13(16-12)11-7-5-4-6-8-11;/h6-22,24-29H,1-5H3;4-7,9-10H,1-3H3;/q2*-1;/i5D3;;. The zero-order valence-electron chi connectivity index (χ0n) is 43.2. The summed E-state index contributed by atoms with van der Waals surface area (Å²) in [6, 6.07) is 59.9. The summed E-state index contributed by atoms with van der Waals surface area (Å²) >= 11 is 0. The molecule has 4 heterocycles. The molecular formula is C63H53IrN5O-2. The number of furan rings is 1. The minimum atomic E-state index is -2.43. The van der Waals surface area contributed by atoms with Gasteiger partial charge in [0, 0.05) is 68.8 Å². The first kappa shape index (κ1) is 42.8. The van der Waals surface area contributed by atoms with Crippen LogP contribution in [-0.4, -0.2) is 24.5 Å². The number of pyridine rings is 1. The van der Waals surface area contributed by atoms with E-state index < -0.39 is 6.85 Å². The summed E-state index contributed by atoms with van der Waals surface area (Å²) in [4.78, 5) is 19.3. The molecule has 4 aromatic heterocycles. The predicted molar refractivity (Wildman–Crippen MR) is 286 cm³/mol. The summed E-state index contributed by atoms with van der Waals surface area (Å²) in [6.45, 7) is 13.0. The van der Waals surface area contributed by atoms with Gasteiger partial charge >= 0.3 is 0 Å². The summed E-state index contributed by atoms with van der Waals surface area (Å²) in [5.74, 6) is 1.69. The van der Waals surface area contributed by atoms with Gasteiger partial charge in [0.05, 0.1) is 33.8 Å². The van der Waals surface area contributed by atoms with Crippen molar-refractivity contribution >= 4 is 65.6 Å². The maximum absolute atomic E-state index is 8.64. The average molecular weight is 1090 g/mol. The molecule has 0 aliphatic carbocycles. The normalized spacial score (nSPS) is 12.7. The predicted octanol–water partition coefficient (Wildman–Crippen LogP) is 16.7. The van der Waals surface area contributed by atoms with E-state index >= 15 is 0 Å². The van der Waals surface area contributed by atoms with Gasteiger partial charge in [-0.1, -0.05) is 163 Å². The van der Waals surface area contributed by atoms with Gasteiger partial charge in [-0.3, -0.25) is 15.0 Å². The van der Waals surface area contributed by atoms with Crippen LogP contribution in [0.15, 0.2) is 168 Å². The Morgan fingerprint density at radius 3 is 2.01 bits per heavy atom. The Labute approximate surface area is 427 Å². The van der Waals surface area contributed by atoms with Gasteiger partial charge in [-0.05, 0) is 75.2 Å². The van der Waals surface area contributed by atoms with E-state index in [1.165, 1.54) is 11.1 Å². The number of fused-ring (bicyclic) bond motifs is 9. The molecule has 0 N–H and O–H groups in total. The maximum atomic E-state index is 8.64. The topological polar surface area (TPSA) is 69.6 Å². The van der Waals surface area contributed by atoms with Gasteiger partial charge in [0.15, 0.2) is 0 Å². The van der Waals surface area contributed by atoms with E-state index in [2.05, 4.69) is 166 Å². The van der Waals surface area contributed by atoms with Crippen molar-refractivity contribution in [2.45, 2.75) is 72.6 Å². The van der Waals surface area contributed by atoms with Crippen molar-refractivity contribution in [1.29, 1.82) is 0 Å². The molecule has 1 radical (unpaired) electrons. The van der Waals surface area contributed by atoms with E-state index in [0.29, 0.717) is 33.5 Å². The first-order valence-corrected chi connectivity index (χ1v) is 23.7. The SMILES string of the molecule is CC(C)(C)c1ccnc(-c2[c-]cccc2)n1.[2H]C([2H])([2H])c1c[c-]c(-c2nc3ccc4ccccc4c3n2-c2c(C(C)C)cc(-c3ccccc3)cc2C(C)C)c2oc3nc4c(ccc5ccccc54)cc3c12.[Ir]. The molecule has 70 heavy (non-hydrogen) atoms. The molecule has 0 atom stereocenters. The Balaban J connectivity index is 0.000000307. The van der Waals surface area contributed by atoms with Crippen LogP contribution in [0, 0.1) is 19.0 Å². The number of aryl methyl sites for hydroxylation is 1. The number of hydrogen-bond donors (Lipinski definition) is 0. The minimum absolute atomic E-state index is 0. The Hall–Kier alpha value is -7.31. The fourth-order valence-electron chi connectivity index (χ4n) is 9.59. The summed E-state index contributed by atoms with van der Waals surface area (Å²) < 4.78 is 35.0. The van der Waals surface area contributed by atoms with Gasteiger partial charge in [0.2, 0.25) is 5.71 Å². The Morgan fingerprint density at radius 1 is 0.643 bits per heavy atom. The smallest absolute Gasteiger partial charge is 0.216 e. The van der Waals surface area contributed by atoms with Gasteiger partial charge in [0.1, 0.15) is 0 Å². The number of benzene rings is 8. The molecule has 0 saturated carbocycles. The largest absolute Gasteiger partial charge is 0.486 e. The third-order valence-corrected chi connectivity index (χ3v) is 13.1. The molecule has 12 aromatic rings. The Kier molecular flexibility index (Phi) is 11.3. The minimum Gasteiger partial charge on any atom is -0.486 e. The van der Waals surface area contributed by atoms with Gasteiger partial charge < -0.3 is 8.98 Å². The fraction of sp³-hybridized carbons (Fsp3) is 0.175. The third kappa shape index (κ3) is 8.27. The van der Waals surface area contributed by atoms with E-state index in [4.69, 9.17) is 18.5 Å². The van der Waals surface area contributed by atoms with Crippen molar-refractivity contribution in [2.24, 2.45) is 0 Å². The molecule has 12 rings (SSSR count). The Bertz CT molecular complexity index is 3990. The van der Waals surface area contributed by atoms with Crippen LogP contribution >= 0.6 is 0 Å². The molecule has 0 aliphatic rings. The fourth-order valence-corrected chi connectivity index (χ4v) is 9.59. The summed E-state index contributed by atoms with van der Waals surface area (Å²) in [6.07, 6.45) is 1.81. The molecule has 0 bridgehead atoms. The van der Waals surface area contributed by atoms with Crippen LogP contribution in [0.3, 0.4) is 0 Å². The zero-order valence-corrected chi connectivity index (χ0v) is 42.6. The number of imidazole rings is 1. The van der Waals surface area contributed by atoms with Crippen molar-refractivity contribution in [1.82, 2.24) is 24.5 Å². The second-order valence-electron chi connectivity index (χ2n) is 19.5. The average Bonchev–Trinajstić information content (AvgIpc) is 3.96. The second-order valence-corrected chi connectivity index (χ2v) is 19.5. The molecule has 6 nitrogen and oxygen atoms in total. The van der Waals surface area contributed by atoms with Crippen molar-refractivity contribution in [2.75, 3.05) is 0 Å². The first-order chi connectivity index (χ1) is 34.6. The molecule has 0 saturated heterocycles. The maximum Gasteiger partial charge on any atom is 0.216 e. The number of nitrogens with zero attached hydrogens (tertiary/aromatic N) is 5. The molecule has 7 heteroatoms. The van der Waals surface area contributed by atoms with Crippen molar-refractivity contribution < 1.29 is 28.6 Å². The molecule has 0 unspecified atom stereocenters. The second kappa shape index (κ2) is 18.5. The quantitative estimate of drug-likeness (QED) is 0.123. The molecule has 347 valence electrons. The molecule has 0 spiro atoms. The summed E-state index contributed by atoms with van der Waals surface area (Å²) in [7, 11) is 0. The van der Waals surface area contributed by atoms with E-state index in [9.17, 15) is 0 Å². The number of hydrogen-bond acceptors (Lipinski definition) is 5. The van der Waals surface area contributed by atoms with Crippen LogP contribution in [0.25, 0.3) is 105 Å². The Morgan fingerprint density at radius 2 is 1.31 bits per heavy atom. The van der Waals surface area contributed by atoms with Crippen molar-refractivity contribution in [3.63, 3.8) is 0 Å². The van der Waals surface area contributed by atoms with Crippen LogP contribution < -0.4 is 0 Å². The van der Waals surface area contributed by atoms with Crippen LogP contribution in [0.4, 0.5) is 0 Å². The zero-order chi connectivity index (χ0) is 50.1. The van der Waals surface area contributed by atoms with E-state index in [1.54, 1.807) is 6.07 Å². The van der Waals surface area contributed by atoms with Gasteiger partial charge in [-0.25, -0.2) is 4.98 Å². The monoisotopic (exact) mass is 1090 g/mol. The van der Waals surface area contributed by atoms with Crippen molar-refractivity contribution in [3.8, 4) is 39.6 Å². The summed E-state index contributed by atoms with van der Waals surface area (Å²) in [5.41, 5.74) is 11.9.